The molecule has 51 heavy (non-hydrogen) atoms. The lowest BCUT2D eigenvalue weighted by Crippen LogP contribution is -1.98. The Labute approximate surface area is 291 Å². The molecule has 0 aliphatic heterocycles. The van der Waals surface area contributed by atoms with Gasteiger partial charge in [0.1, 0.15) is 22.3 Å². The number of furan rings is 2. The Hall–Kier alpha value is -6.98. The summed E-state index contributed by atoms with van der Waals surface area (Å²) in [6.07, 6.45) is 0. The van der Waals surface area contributed by atoms with Crippen molar-refractivity contribution in [2.75, 3.05) is 0 Å². The molecule has 0 amide bonds. The van der Waals surface area contributed by atoms with Crippen molar-refractivity contribution >= 4 is 65.7 Å². The Bertz CT molecular complexity index is 3150. The maximum atomic E-state index is 6.31. The van der Waals surface area contributed by atoms with Crippen molar-refractivity contribution in [1.29, 1.82) is 0 Å². The zero-order valence-electron chi connectivity index (χ0n) is 27.2. The van der Waals surface area contributed by atoms with Gasteiger partial charge in [-0.2, -0.15) is 0 Å². The summed E-state index contributed by atoms with van der Waals surface area (Å²) in [6.45, 7) is 0. The molecule has 4 aromatic heterocycles. The maximum Gasteiger partial charge on any atom is 0.160 e. The van der Waals surface area contributed by atoms with Crippen LogP contribution < -0.4 is 0 Å². The highest BCUT2D eigenvalue weighted by atomic mass is 16.3. The van der Waals surface area contributed by atoms with E-state index in [0.29, 0.717) is 5.82 Å². The van der Waals surface area contributed by atoms with Gasteiger partial charge in [-0.05, 0) is 60.7 Å². The van der Waals surface area contributed by atoms with E-state index in [9.17, 15) is 0 Å². The van der Waals surface area contributed by atoms with E-state index in [2.05, 4.69) is 120 Å². The van der Waals surface area contributed by atoms with Crippen LogP contribution in [0.15, 0.2) is 173 Å². The average molecular weight is 654 g/mol. The summed E-state index contributed by atoms with van der Waals surface area (Å²) in [4.78, 5) is 10.3. The quantitative estimate of drug-likeness (QED) is 0.190. The summed E-state index contributed by atoms with van der Waals surface area (Å²) < 4.78 is 14.9. The van der Waals surface area contributed by atoms with E-state index in [0.717, 1.165) is 88.7 Å². The first-order chi connectivity index (χ1) is 25.3. The first kappa shape index (κ1) is 27.9. The van der Waals surface area contributed by atoms with Gasteiger partial charge in [0.05, 0.1) is 22.4 Å². The number of nitrogens with zero attached hydrogens (tertiary/aromatic N) is 3. The van der Waals surface area contributed by atoms with Crippen molar-refractivity contribution in [3.8, 4) is 39.6 Å². The molecule has 11 rings (SSSR count). The molecular weight excluding hydrogens is 627 g/mol. The van der Waals surface area contributed by atoms with E-state index >= 15 is 0 Å². The monoisotopic (exact) mass is 653 g/mol. The normalized spacial score (nSPS) is 11.9. The van der Waals surface area contributed by atoms with Crippen molar-refractivity contribution in [3.05, 3.63) is 164 Å². The van der Waals surface area contributed by atoms with Gasteiger partial charge in [0.2, 0.25) is 0 Å². The highest BCUT2D eigenvalue weighted by Gasteiger charge is 2.19. The molecule has 0 radical (unpaired) electrons. The molecule has 0 aliphatic carbocycles. The van der Waals surface area contributed by atoms with Crippen molar-refractivity contribution < 1.29 is 8.83 Å². The minimum atomic E-state index is 0.644. The molecule has 7 aromatic carbocycles. The first-order valence-corrected chi connectivity index (χ1v) is 17.1. The highest BCUT2D eigenvalue weighted by molar-refractivity contribution is 6.27. The van der Waals surface area contributed by atoms with Gasteiger partial charge in [-0.1, -0.05) is 103 Å². The second kappa shape index (κ2) is 10.8. The molecule has 4 heterocycles. The number of hydrogen-bond donors (Lipinski definition) is 0. The zero-order chi connectivity index (χ0) is 33.5. The Kier molecular flexibility index (Phi) is 5.89. The van der Waals surface area contributed by atoms with Crippen LogP contribution in [0.3, 0.4) is 0 Å². The Morgan fingerprint density at radius 1 is 0.373 bits per heavy atom. The summed E-state index contributed by atoms with van der Waals surface area (Å²) in [5.41, 5.74) is 11.4. The van der Waals surface area contributed by atoms with Crippen LogP contribution in [0.4, 0.5) is 0 Å². The summed E-state index contributed by atoms with van der Waals surface area (Å²) >= 11 is 0. The van der Waals surface area contributed by atoms with Crippen LogP contribution >= 0.6 is 0 Å². The molecule has 0 N–H and O–H groups in total. The Morgan fingerprint density at radius 2 is 1.04 bits per heavy atom. The van der Waals surface area contributed by atoms with Crippen LogP contribution in [0.1, 0.15) is 0 Å². The Balaban J connectivity index is 1.12. The minimum Gasteiger partial charge on any atom is -0.456 e. The van der Waals surface area contributed by atoms with Gasteiger partial charge in [-0.15, -0.1) is 0 Å². The second-order valence-electron chi connectivity index (χ2n) is 13.0. The summed E-state index contributed by atoms with van der Waals surface area (Å²) in [5.74, 6) is 0.644. The molecular formula is C46H27N3O2. The maximum absolute atomic E-state index is 6.31. The molecule has 0 fully saturated rings. The van der Waals surface area contributed by atoms with Crippen LogP contribution in [0.25, 0.3) is 105 Å². The molecule has 238 valence electrons. The van der Waals surface area contributed by atoms with Crippen molar-refractivity contribution in [2.24, 2.45) is 0 Å². The van der Waals surface area contributed by atoms with Crippen LogP contribution in [-0.4, -0.2) is 14.5 Å². The lowest BCUT2D eigenvalue weighted by molar-refractivity contribution is 0.668. The van der Waals surface area contributed by atoms with Gasteiger partial charge in [0.15, 0.2) is 5.82 Å². The highest BCUT2D eigenvalue weighted by Crippen LogP contribution is 2.41. The van der Waals surface area contributed by atoms with E-state index < -0.39 is 0 Å². The first-order valence-electron chi connectivity index (χ1n) is 17.1. The molecule has 5 heteroatoms. The van der Waals surface area contributed by atoms with Gasteiger partial charge in [0, 0.05) is 54.7 Å². The largest absolute Gasteiger partial charge is 0.456 e. The second-order valence-corrected chi connectivity index (χ2v) is 13.0. The van der Waals surface area contributed by atoms with E-state index in [-0.39, 0.29) is 0 Å². The molecule has 0 atom stereocenters. The zero-order valence-corrected chi connectivity index (χ0v) is 27.2. The third-order valence-corrected chi connectivity index (χ3v) is 10.0. The lowest BCUT2D eigenvalue weighted by Gasteiger charge is -2.12. The molecule has 0 saturated carbocycles. The molecule has 0 saturated heterocycles. The fraction of sp³-hybridized carbons (Fsp3) is 0. The van der Waals surface area contributed by atoms with Gasteiger partial charge < -0.3 is 13.4 Å². The number of benzene rings is 7. The standard InChI is InChI=1S/C46H27N3O2/c1-2-11-28(12-3-1)36-27-37(48-46(47-36)30-21-22-33-32-15-5-8-19-40(32)51-43(33)26-30)29-13-10-14-31(25-29)49-38-18-7-4-16-34(38)44-39(49)23-24-42-45(44)35-17-6-9-20-41(35)50-42/h1-27H. The third-order valence-electron chi connectivity index (χ3n) is 10.0. The third kappa shape index (κ3) is 4.28. The minimum absolute atomic E-state index is 0.644. The number of aromatic nitrogens is 3. The number of para-hydroxylation sites is 3. The lowest BCUT2D eigenvalue weighted by atomic mass is 10.0. The van der Waals surface area contributed by atoms with E-state index in [1.807, 2.05) is 48.5 Å². The van der Waals surface area contributed by atoms with E-state index in [1.54, 1.807) is 0 Å². The molecule has 0 aliphatic rings. The van der Waals surface area contributed by atoms with Crippen molar-refractivity contribution in [2.45, 2.75) is 0 Å². The van der Waals surface area contributed by atoms with Gasteiger partial charge in [0.25, 0.3) is 0 Å². The van der Waals surface area contributed by atoms with Gasteiger partial charge in [-0.25, -0.2) is 9.97 Å². The summed E-state index contributed by atoms with van der Waals surface area (Å²) in [5, 5.41) is 6.82. The number of hydrogen-bond acceptors (Lipinski definition) is 4. The number of rotatable bonds is 4. The van der Waals surface area contributed by atoms with Gasteiger partial charge in [-0.3, -0.25) is 0 Å². The van der Waals surface area contributed by atoms with Gasteiger partial charge >= 0.3 is 0 Å². The number of fused-ring (bicyclic) bond motifs is 10. The Morgan fingerprint density at radius 3 is 1.90 bits per heavy atom. The SMILES string of the molecule is c1ccc(-c2cc(-c3cccc(-n4c5ccccc5c5c6c(ccc54)oc4ccccc46)c3)nc(-c3ccc4c(c3)oc3ccccc34)n2)cc1. The van der Waals surface area contributed by atoms with Crippen LogP contribution in [0.2, 0.25) is 0 Å². The predicted octanol–water partition coefficient (Wildman–Crippen LogP) is 12.4. The molecule has 5 nitrogen and oxygen atoms in total. The van der Waals surface area contributed by atoms with E-state index in [1.165, 1.54) is 10.8 Å². The predicted molar refractivity (Wildman–Crippen MR) is 207 cm³/mol. The molecule has 11 aromatic rings. The summed E-state index contributed by atoms with van der Waals surface area (Å²) in [7, 11) is 0. The van der Waals surface area contributed by atoms with Crippen molar-refractivity contribution in [3.63, 3.8) is 0 Å². The van der Waals surface area contributed by atoms with Crippen LogP contribution in [0, 0.1) is 0 Å². The average Bonchev–Trinajstić information content (AvgIpc) is 3.87. The molecule has 0 spiro atoms. The molecule has 0 bridgehead atoms. The van der Waals surface area contributed by atoms with E-state index in [4.69, 9.17) is 18.8 Å². The fourth-order valence-electron chi connectivity index (χ4n) is 7.70. The molecule has 0 unspecified atom stereocenters. The van der Waals surface area contributed by atoms with Crippen LogP contribution in [-0.2, 0) is 0 Å². The topological polar surface area (TPSA) is 57.0 Å². The van der Waals surface area contributed by atoms with Crippen LogP contribution in [0.5, 0.6) is 0 Å². The summed E-state index contributed by atoms with van der Waals surface area (Å²) in [6, 6.07) is 56.6. The van der Waals surface area contributed by atoms with Crippen molar-refractivity contribution in [1.82, 2.24) is 14.5 Å². The smallest absolute Gasteiger partial charge is 0.160 e. The fourth-order valence-corrected chi connectivity index (χ4v) is 7.70.